The van der Waals surface area contributed by atoms with E-state index in [0.29, 0.717) is 17.1 Å². The van der Waals surface area contributed by atoms with Crippen LogP contribution in [0.5, 0.6) is 0 Å². The second-order valence-corrected chi connectivity index (χ2v) is 4.98. The Morgan fingerprint density at radius 3 is 2.95 bits per heavy atom. The average molecular weight is 278 g/mol. The molecule has 0 saturated carbocycles. The smallest absolute Gasteiger partial charge is 0.226 e. The number of hydrogen-bond acceptors (Lipinski definition) is 2. The van der Waals surface area contributed by atoms with Gasteiger partial charge in [0, 0.05) is 18.8 Å². The first kappa shape index (κ1) is 13.6. The number of nitrogens with zero attached hydrogens (tertiary/aromatic N) is 2. The molecule has 0 fully saturated rings. The minimum atomic E-state index is -0.0752. The van der Waals surface area contributed by atoms with Crippen LogP contribution < -0.4 is 5.32 Å². The normalized spacial score (nSPS) is 12.2. The fourth-order valence-electron chi connectivity index (χ4n) is 1.83. The Morgan fingerprint density at radius 2 is 2.32 bits per heavy atom. The van der Waals surface area contributed by atoms with Gasteiger partial charge in [-0.25, -0.2) is 0 Å². The third-order valence-corrected chi connectivity index (χ3v) is 3.17. The lowest BCUT2D eigenvalue weighted by molar-refractivity contribution is -0.116. The van der Waals surface area contributed by atoms with E-state index < -0.39 is 0 Å². The lowest BCUT2D eigenvalue weighted by Crippen LogP contribution is -2.18. The molecule has 1 atom stereocenters. The summed E-state index contributed by atoms with van der Waals surface area (Å²) < 4.78 is 1.76. The number of amides is 1. The summed E-state index contributed by atoms with van der Waals surface area (Å²) in [5, 5.41) is 7.49. The van der Waals surface area contributed by atoms with Crippen molar-refractivity contribution in [2.24, 2.45) is 0 Å². The van der Waals surface area contributed by atoms with E-state index in [1.54, 1.807) is 10.9 Å². The molecule has 0 spiro atoms. The highest BCUT2D eigenvalue weighted by Gasteiger charge is 2.12. The molecule has 1 N–H and O–H groups in total. The van der Waals surface area contributed by atoms with Crippen molar-refractivity contribution < 1.29 is 4.79 Å². The monoisotopic (exact) mass is 277 g/mol. The number of anilines is 1. The summed E-state index contributed by atoms with van der Waals surface area (Å²) in [6, 6.07) is 7.41. The lowest BCUT2D eigenvalue weighted by atomic mass is 10.2. The number of nitrogens with one attached hydrogen (secondary N) is 1. The maximum Gasteiger partial charge on any atom is 0.226 e. The van der Waals surface area contributed by atoms with Crippen LogP contribution in [0.25, 0.3) is 0 Å². The van der Waals surface area contributed by atoms with Crippen molar-refractivity contribution in [3.8, 4) is 0 Å². The molecule has 1 aromatic heterocycles. The molecule has 1 heterocycles. The van der Waals surface area contributed by atoms with Crippen LogP contribution >= 0.6 is 11.6 Å². The van der Waals surface area contributed by atoms with Gasteiger partial charge in [0.15, 0.2) is 0 Å². The SMILES string of the molecule is Cc1ccc(NC(=O)C[C@@H](C)n2cccn2)c(Cl)c1. The molecule has 1 aromatic carbocycles. The molecule has 1 amide bonds. The number of rotatable bonds is 4. The first-order valence-electron chi connectivity index (χ1n) is 6.11. The second-order valence-electron chi connectivity index (χ2n) is 4.57. The van der Waals surface area contributed by atoms with Crippen LogP contribution in [0.15, 0.2) is 36.7 Å². The van der Waals surface area contributed by atoms with Gasteiger partial charge in [-0.15, -0.1) is 0 Å². The van der Waals surface area contributed by atoms with E-state index in [2.05, 4.69) is 10.4 Å². The van der Waals surface area contributed by atoms with Gasteiger partial charge in [0.25, 0.3) is 0 Å². The molecule has 0 aliphatic rings. The quantitative estimate of drug-likeness (QED) is 0.931. The van der Waals surface area contributed by atoms with Crippen molar-refractivity contribution in [1.29, 1.82) is 0 Å². The van der Waals surface area contributed by atoms with E-state index in [1.165, 1.54) is 0 Å². The highest BCUT2D eigenvalue weighted by Crippen LogP contribution is 2.23. The Balaban J connectivity index is 1.98. The largest absolute Gasteiger partial charge is 0.325 e. The van der Waals surface area contributed by atoms with Crippen LogP contribution in [0.1, 0.15) is 24.9 Å². The fraction of sp³-hybridized carbons (Fsp3) is 0.286. The summed E-state index contributed by atoms with van der Waals surface area (Å²) in [7, 11) is 0. The third kappa shape index (κ3) is 3.58. The Kier molecular flexibility index (Phi) is 4.22. The van der Waals surface area contributed by atoms with Crippen molar-refractivity contribution in [3.63, 3.8) is 0 Å². The van der Waals surface area contributed by atoms with Crippen LogP contribution in [0.3, 0.4) is 0 Å². The lowest BCUT2D eigenvalue weighted by Gasteiger charge is -2.13. The van der Waals surface area contributed by atoms with Gasteiger partial charge in [-0.05, 0) is 37.6 Å². The topological polar surface area (TPSA) is 46.9 Å². The summed E-state index contributed by atoms with van der Waals surface area (Å²) in [6.07, 6.45) is 3.90. The number of halogens is 1. The van der Waals surface area contributed by atoms with Crippen molar-refractivity contribution in [2.45, 2.75) is 26.3 Å². The maximum absolute atomic E-state index is 11.9. The zero-order valence-corrected chi connectivity index (χ0v) is 11.7. The molecule has 2 aromatic rings. The Bertz CT molecular complexity index is 566. The van der Waals surface area contributed by atoms with Crippen molar-refractivity contribution in [1.82, 2.24) is 9.78 Å². The first-order valence-corrected chi connectivity index (χ1v) is 6.49. The fourth-order valence-corrected chi connectivity index (χ4v) is 2.11. The number of carbonyl (C=O) groups excluding carboxylic acids is 1. The van der Waals surface area contributed by atoms with Gasteiger partial charge >= 0.3 is 0 Å². The molecule has 0 radical (unpaired) electrons. The molecule has 5 heteroatoms. The molecule has 19 heavy (non-hydrogen) atoms. The zero-order chi connectivity index (χ0) is 13.8. The summed E-state index contributed by atoms with van der Waals surface area (Å²) in [4.78, 5) is 11.9. The maximum atomic E-state index is 11.9. The Hall–Kier alpha value is -1.81. The van der Waals surface area contributed by atoms with Crippen LogP contribution in [0.2, 0.25) is 5.02 Å². The highest BCUT2D eigenvalue weighted by molar-refractivity contribution is 6.33. The molecule has 0 aliphatic heterocycles. The van der Waals surface area contributed by atoms with E-state index in [-0.39, 0.29) is 11.9 Å². The molecule has 2 rings (SSSR count). The van der Waals surface area contributed by atoms with Gasteiger partial charge in [0.05, 0.1) is 16.8 Å². The third-order valence-electron chi connectivity index (χ3n) is 2.86. The minimum absolute atomic E-state index is 0.0132. The molecule has 0 unspecified atom stereocenters. The van der Waals surface area contributed by atoms with Crippen LogP contribution in [-0.4, -0.2) is 15.7 Å². The van der Waals surface area contributed by atoms with E-state index >= 15 is 0 Å². The molecule has 0 aliphatic carbocycles. The Morgan fingerprint density at radius 1 is 1.53 bits per heavy atom. The molecule has 100 valence electrons. The predicted molar refractivity (Wildman–Crippen MR) is 76.4 cm³/mol. The summed E-state index contributed by atoms with van der Waals surface area (Å²) >= 11 is 6.08. The molecular weight excluding hydrogens is 262 g/mol. The van der Waals surface area contributed by atoms with Gasteiger partial charge in [-0.3, -0.25) is 9.48 Å². The van der Waals surface area contributed by atoms with Gasteiger partial charge in [-0.2, -0.15) is 5.10 Å². The number of hydrogen-bond donors (Lipinski definition) is 1. The first-order chi connectivity index (χ1) is 9.06. The van der Waals surface area contributed by atoms with Gasteiger partial charge in [0.2, 0.25) is 5.91 Å². The Labute approximate surface area is 117 Å². The standard InChI is InChI=1S/C14H16ClN3O/c1-10-4-5-13(12(15)8-10)17-14(19)9-11(2)18-7-3-6-16-18/h3-8,11H,9H2,1-2H3,(H,17,19)/t11-/m1/s1. The number of carbonyl (C=O) groups is 1. The molecule has 0 saturated heterocycles. The second kappa shape index (κ2) is 5.89. The van der Waals surface area contributed by atoms with Crippen LogP contribution in [-0.2, 0) is 4.79 Å². The summed E-state index contributed by atoms with van der Waals surface area (Å²) in [6.45, 7) is 3.90. The molecule has 4 nitrogen and oxygen atoms in total. The van der Waals surface area contributed by atoms with Gasteiger partial charge < -0.3 is 5.32 Å². The summed E-state index contributed by atoms with van der Waals surface area (Å²) in [5.74, 6) is -0.0752. The average Bonchev–Trinajstić information content (AvgIpc) is 2.86. The highest BCUT2D eigenvalue weighted by atomic mass is 35.5. The number of aromatic nitrogens is 2. The van der Waals surface area contributed by atoms with E-state index in [4.69, 9.17) is 11.6 Å². The molecular formula is C14H16ClN3O. The van der Waals surface area contributed by atoms with E-state index in [0.717, 1.165) is 5.56 Å². The minimum Gasteiger partial charge on any atom is -0.325 e. The van der Waals surface area contributed by atoms with Gasteiger partial charge in [0.1, 0.15) is 0 Å². The predicted octanol–water partition coefficient (Wildman–Crippen LogP) is 3.43. The summed E-state index contributed by atoms with van der Waals surface area (Å²) in [5.41, 5.74) is 1.71. The van der Waals surface area contributed by atoms with Crippen molar-refractivity contribution in [3.05, 3.63) is 47.2 Å². The van der Waals surface area contributed by atoms with Crippen molar-refractivity contribution in [2.75, 3.05) is 5.32 Å². The van der Waals surface area contributed by atoms with E-state index in [9.17, 15) is 4.79 Å². The zero-order valence-electron chi connectivity index (χ0n) is 10.9. The molecule has 0 bridgehead atoms. The van der Waals surface area contributed by atoms with Crippen molar-refractivity contribution >= 4 is 23.2 Å². The van der Waals surface area contributed by atoms with Gasteiger partial charge in [-0.1, -0.05) is 17.7 Å². The number of aryl methyl sites for hydroxylation is 1. The number of benzene rings is 1. The van der Waals surface area contributed by atoms with E-state index in [1.807, 2.05) is 44.3 Å². The van der Waals surface area contributed by atoms with Crippen LogP contribution in [0, 0.1) is 6.92 Å². The van der Waals surface area contributed by atoms with Crippen LogP contribution in [0.4, 0.5) is 5.69 Å².